The van der Waals surface area contributed by atoms with Crippen molar-refractivity contribution in [2.75, 3.05) is 0 Å². The number of carbonyl (C=O) groups is 1. The minimum absolute atomic E-state index is 0.0226. The molecule has 0 saturated carbocycles. The topological polar surface area (TPSA) is 86.7 Å². The number of aromatic nitrogens is 5. The monoisotopic (exact) mass is 346 g/mol. The predicted octanol–water partition coefficient (Wildman–Crippen LogP) is 0.959. The molecule has 3 rings (SSSR count). The number of amides is 1. The van der Waals surface area contributed by atoms with Gasteiger partial charge in [0.2, 0.25) is 0 Å². The Labute approximate surface area is 146 Å². The minimum Gasteiger partial charge on any atom is -0.347 e. The lowest BCUT2D eigenvalue weighted by molar-refractivity contribution is 0.0919. The summed E-state index contributed by atoms with van der Waals surface area (Å²) in [6.45, 7) is 5.53. The van der Waals surface area contributed by atoms with Gasteiger partial charge in [0.25, 0.3) is 5.91 Å². The molecule has 0 fully saturated rings. The first-order valence-electron chi connectivity index (χ1n) is 8.90. The molecule has 8 nitrogen and oxygen atoms in total. The molecule has 1 amide bonds. The normalized spacial score (nSPS) is 17.4. The van der Waals surface area contributed by atoms with E-state index in [0.29, 0.717) is 31.3 Å². The van der Waals surface area contributed by atoms with Crippen molar-refractivity contribution in [2.24, 2.45) is 13.0 Å². The summed E-state index contributed by atoms with van der Waals surface area (Å²) in [6.07, 6.45) is 6.48. The number of nitrogens with zero attached hydrogens (tertiary/aromatic N) is 5. The predicted molar refractivity (Wildman–Crippen MR) is 93.3 cm³/mol. The van der Waals surface area contributed by atoms with Gasteiger partial charge < -0.3 is 9.88 Å². The van der Waals surface area contributed by atoms with E-state index < -0.39 is 0 Å². The molecule has 0 spiro atoms. The molecule has 1 N–H and O–H groups in total. The Kier molecular flexibility index (Phi) is 5.06. The molecule has 0 saturated heterocycles. The number of aryl methyl sites for hydroxylation is 3. The maximum atomic E-state index is 12.5. The smallest absolute Gasteiger partial charge is 0.345 e. The molecular formula is C17H26N6O2. The maximum Gasteiger partial charge on any atom is 0.345 e. The minimum atomic E-state index is -0.175. The zero-order valence-corrected chi connectivity index (χ0v) is 15.1. The Hall–Kier alpha value is -2.38. The van der Waals surface area contributed by atoms with Crippen LogP contribution in [-0.2, 0) is 26.6 Å². The van der Waals surface area contributed by atoms with Gasteiger partial charge in [-0.3, -0.25) is 9.36 Å². The van der Waals surface area contributed by atoms with E-state index in [4.69, 9.17) is 0 Å². The molecule has 1 aliphatic rings. The van der Waals surface area contributed by atoms with Gasteiger partial charge in [0.1, 0.15) is 5.82 Å². The molecule has 1 aliphatic heterocycles. The molecule has 0 aliphatic carbocycles. The van der Waals surface area contributed by atoms with Crippen molar-refractivity contribution in [1.82, 2.24) is 29.2 Å². The van der Waals surface area contributed by atoms with Crippen LogP contribution in [0, 0.1) is 5.92 Å². The Morgan fingerprint density at radius 2 is 2.20 bits per heavy atom. The fraction of sp³-hybridized carbons (Fsp3) is 0.647. The average molecular weight is 346 g/mol. The molecular weight excluding hydrogens is 320 g/mol. The standard InChI is InChI=1S/C17H26N6O2/c1-12(2)6-10-23-17(25)22-9-7-13(4-5-14(22)20-23)19-16(24)15-18-8-11-21(15)3/h8,11-13H,4-7,9-10H2,1-3H3,(H,19,24). The second-order valence-electron chi connectivity index (χ2n) is 7.12. The summed E-state index contributed by atoms with van der Waals surface area (Å²) in [7, 11) is 1.80. The van der Waals surface area contributed by atoms with Crippen LogP contribution in [0.3, 0.4) is 0 Å². The summed E-state index contributed by atoms with van der Waals surface area (Å²) in [5, 5.41) is 7.53. The first-order valence-corrected chi connectivity index (χ1v) is 8.90. The number of fused-ring (bicyclic) bond motifs is 1. The van der Waals surface area contributed by atoms with E-state index in [0.717, 1.165) is 25.1 Å². The number of hydrogen-bond donors (Lipinski definition) is 1. The van der Waals surface area contributed by atoms with Crippen LogP contribution in [0.25, 0.3) is 0 Å². The van der Waals surface area contributed by atoms with Crippen LogP contribution < -0.4 is 11.0 Å². The quantitative estimate of drug-likeness (QED) is 0.874. The van der Waals surface area contributed by atoms with Crippen molar-refractivity contribution in [3.8, 4) is 0 Å². The summed E-state index contributed by atoms with van der Waals surface area (Å²) < 4.78 is 5.04. The Balaban J connectivity index is 1.64. The van der Waals surface area contributed by atoms with Gasteiger partial charge in [-0.05, 0) is 25.2 Å². The Morgan fingerprint density at radius 3 is 2.88 bits per heavy atom. The fourth-order valence-electron chi connectivity index (χ4n) is 3.13. The second-order valence-corrected chi connectivity index (χ2v) is 7.12. The third-order valence-corrected chi connectivity index (χ3v) is 4.69. The van der Waals surface area contributed by atoms with Gasteiger partial charge in [-0.15, -0.1) is 0 Å². The van der Waals surface area contributed by atoms with Crippen molar-refractivity contribution in [3.05, 3.63) is 34.5 Å². The lowest BCUT2D eigenvalue weighted by Crippen LogP contribution is -2.37. The molecule has 136 valence electrons. The fourth-order valence-corrected chi connectivity index (χ4v) is 3.13. The van der Waals surface area contributed by atoms with Crippen LogP contribution in [0.15, 0.2) is 17.2 Å². The summed E-state index contributed by atoms with van der Waals surface area (Å²) in [6, 6.07) is 0.0226. The summed E-state index contributed by atoms with van der Waals surface area (Å²) >= 11 is 0. The lowest BCUT2D eigenvalue weighted by Gasteiger charge is -2.15. The van der Waals surface area contributed by atoms with Crippen LogP contribution in [0.5, 0.6) is 0 Å². The average Bonchev–Trinajstić information content (AvgIpc) is 3.05. The van der Waals surface area contributed by atoms with E-state index in [-0.39, 0.29) is 17.6 Å². The molecule has 0 aromatic carbocycles. The third-order valence-electron chi connectivity index (χ3n) is 4.69. The molecule has 1 unspecified atom stereocenters. The molecule has 2 aromatic rings. The number of imidazole rings is 1. The Bertz CT molecular complexity index is 800. The van der Waals surface area contributed by atoms with Crippen molar-refractivity contribution in [3.63, 3.8) is 0 Å². The lowest BCUT2D eigenvalue weighted by atomic mass is 10.1. The van der Waals surface area contributed by atoms with Crippen LogP contribution in [0.4, 0.5) is 0 Å². The molecule has 3 heterocycles. The summed E-state index contributed by atoms with van der Waals surface area (Å²) in [5.41, 5.74) is -0.0354. The van der Waals surface area contributed by atoms with Gasteiger partial charge in [0.05, 0.1) is 0 Å². The van der Waals surface area contributed by atoms with Gasteiger partial charge >= 0.3 is 5.69 Å². The first-order chi connectivity index (χ1) is 12.0. The zero-order chi connectivity index (χ0) is 18.0. The van der Waals surface area contributed by atoms with E-state index in [1.807, 2.05) is 0 Å². The largest absolute Gasteiger partial charge is 0.347 e. The summed E-state index contributed by atoms with van der Waals surface area (Å²) in [5.74, 6) is 1.59. The van der Waals surface area contributed by atoms with Crippen LogP contribution in [0.2, 0.25) is 0 Å². The van der Waals surface area contributed by atoms with E-state index in [2.05, 4.69) is 29.2 Å². The van der Waals surface area contributed by atoms with Crippen molar-refractivity contribution < 1.29 is 4.79 Å². The highest BCUT2D eigenvalue weighted by molar-refractivity contribution is 5.90. The Morgan fingerprint density at radius 1 is 1.40 bits per heavy atom. The molecule has 1 atom stereocenters. The van der Waals surface area contributed by atoms with Crippen molar-refractivity contribution in [1.29, 1.82) is 0 Å². The number of hydrogen-bond acceptors (Lipinski definition) is 4. The van der Waals surface area contributed by atoms with Crippen LogP contribution in [-0.4, -0.2) is 35.8 Å². The van der Waals surface area contributed by atoms with Gasteiger partial charge in [0.15, 0.2) is 5.82 Å². The summed E-state index contributed by atoms with van der Waals surface area (Å²) in [4.78, 5) is 28.9. The zero-order valence-electron chi connectivity index (χ0n) is 15.1. The highest BCUT2D eigenvalue weighted by Gasteiger charge is 2.23. The van der Waals surface area contributed by atoms with Gasteiger partial charge in [-0.2, -0.15) is 5.10 Å². The molecule has 25 heavy (non-hydrogen) atoms. The molecule has 0 radical (unpaired) electrons. The SMILES string of the molecule is CC(C)CCn1nc2n(c1=O)CCC(NC(=O)c1nccn1C)CC2. The van der Waals surface area contributed by atoms with E-state index in [1.165, 1.54) is 0 Å². The third kappa shape index (κ3) is 3.83. The van der Waals surface area contributed by atoms with Gasteiger partial charge in [-0.1, -0.05) is 13.8 Å². The van der Waals surface area contributed by atoms with E-state index >= 15 is 0 Å². The van der Waals surface area contributed by atoms with Crippen molar-refractivity contribution in [2.45, 2.75) is 58.7 Å². The van der Waals surface area contributed by atoms with Crippen LogP contribution in [0.1, 0.15) is 49.6 Å². The number of nitrogens with one attached hydrogen (secondary N) is 1. The van der Waals surface area contributed by atoms with E-state index in [1.54, 1.807) is 33.3 Å². The van der Waals surface area contributed by atoms with Gasteiger partial charge in [-0.25, -0.2) is 14.5 Å². The molecule has 8 heteroatoms. The van der Waals surface area contributed by atoms with Crippen LogP contribution >= 0.6 is 0 Å². The highest BCUT2D eigenvalue weighted by atomic mass is 16.2. The number of rotatable bonds is 5. The van der Waals surface area contributed by atoms with Gasteiger partial charge in [0, 0.05) is 45.0 Å². The second kappa shape index (κ2) is 7.25. The maximum absolute atomic E-state index is 12.5. The van der Waals surface area contributed by atoms with E-state index in [9.17, 15) is 9.59 Å². The first kappa shape index (κ1) is 17.4. The molecule has 0 bridgehead atoms. The number of carbonyl (C=O) groups excluding carboxylic acids is 1. The highest BCUT2D eigenvalue weighted by Crippen LogP contribution is 2.13. The molecule has 2 aromatic heterocycles. The van der Waals surface area contributed by atoms with Crippen molar-refractivity contribution >= 4 is 5.91 Å².